The molecule has 2 aromatic carbocycles. The number of carbonyl (C=O) groups excluding carboxylic acids is 1. The van der Waals surface area contributed by atoms with Crippen molar-refractivity contribution in [2.24, 2.45) is 0 Å². The number of rotatable bonds is 2. The van der Waals surface area contributed by atoms with E-state index in [9.17, 15) is 44.3 Å². The van der Waals surface area contributed by atoms with Crippen LogP contribution in [0.25, 0.3) is 0 Å². The summed E-state index contributed by atoms with van der Waals surface area (Å²) >= 11 is 0. The Labute approximate surface area is 145 Å². The molecule has 1 amide bonds. The molecule has 2 nitrogen and oxygen atoms in total. The molecule has 0 aliphatic heterocycles. The summed E-state index contributed by atoms with van der Waals surface area (Å²) in [6, 6.07) is 3.59. The van der Waals surface area contributed by atoms with Crippen LogP contribution in [-0.4, -0.2) is 5.91 Å². The number of halogens is 9. The van der Waals surface area contributed by atoms with Crippen LogP contribution in [0.1, 0.15) is 27.0 Å². The topological polar surface area (TPSA) is 29.1 Å². The number of nitrogens with one attached hydrogen (secondary N) is 1. The van der Waals surface area contributed by atoms with Crippen LogP contribution >= 0.6 is 0 Å². The molecule has 146 valence electrons. The first-order chi connectivity index (χ1) is 12.2. The molecule has 0 spiro atoms. The number of benzene rings is 2. The smallest absolute Gasteiger partial charge is 0.321 e. The molecule has 0 aromatic heterocycles. The predicted octanol–water partition coefficient (Wildman–Crippen LogP) is 6.00. The second-order valence-corrected chi connectivity index (χ2v) is 5.29. The number of hydrogen-bond donors (Lipinski definition) is 1. The van der Waals surface area contributed by atoms with Gasteiger partial charge in [0.05, 0.1) is 22.4 Å². The molecule has 1 N–H and O–H groups in total. The summed E-state index contributed by atoms with van der Waals surface area (Å²) < 4.78 is 115. The number of anilines is 1. The van der Waals surface area contributed by atoms with Gasteiger partial charge in [0.2, 0.25) is 0 Å². The van der Waals surface area contributed by atoms with Gasteiger partial charge < -0.3 is 5.32 Å². The van der Waals surface area contributed by atoms with Gasteiger partial charge in [0.1, 0.15) is 0 Å². The van der Waals surface area contributed by atoms with Crippen molar-refractivity contribution in [1.29, 1.82) is 0 Å². The quantitative estimate of drug-likeness (QED) is 0.615. The lowest BCUT2D eigenvalue weighted by atomic mass is 10.0. The lowest BCUT2D eigenvalue weighted by Gasteiger charge is -2.16. The van der Waals surface area contributed by atoms with Crippen molar-refractivity contribution in [3.8, 4) is 0 Å². The Morgan fingerprint density at radius 2 is 1.19 bits per heavy atom. The molecule has 2 rings (SSSR count). The van der Waals surface area contributed by atoms with E-state index in [-0.39, 0.29) is 18.2 Å². The minimum absolute atomic E-state index is 0.126. The van der Waals surface area contributed by atoms with Gasteiger partial charge in [-0.3, -0.25) is 4.79 Å². The highest BCUT2D eigenvalue weighted by molar-refractivity contribution is 6.05. The van der Waals surface area contributed by atoms with Crippen molar-refractivity contribution in [3.63, 3.8) is 0 Å². The molecule has 27 heavy (non-hydrogen) atoms. The fourth-order valence-corrected chi connectivity index (χ4v) is 2.12. The highest BCUT2D eigenvalue weighted by Gasteiger charge is 2.38. The van der Waals surface area contributed by atoms with E-state index in [1.54, 1.807) is 5.32 Å². The molecule has 0 saturated carbocycles. The Kier molecular flexibility index (Phi) is 5.17. The number of para-hydroxylation sites is 1. The minimum Gasteiger partial charge on any atom is -0.321 e. The summed E-state index contributed by atoms with van der Waals surface area (Å²) in [5.41, 5.74) is -6.71. The summed E-state index contributed by atoms with van der Waals surface area (Å²) in [5, 5.41) is 1.70. The van der Waals surface area contributed by atoms with Gasteiger partial charge in [-0.1, -0.05) is 12.1 Å². The molecule has 2 aromatic rings. The third kappa shape index (κ3) is 4.92. The van der Waals surface area contributed by atoms with Crippen molar-refractivity contribution in [2.45, 2.75) is 18.5 Å². The first kappa shape index (κ1) is 20.6. The summed E-state index contributed by atoms with van der Waals surface area (Å²) in [6.45, 7) is 0. The average molecular weight is 401 g/mol. The SMILES string of the molecule is O=C(Nc1ccccc1C(F)(F)F)c1cc(C(F)(F)F)cc(C(F)(F)F)c1. The van der Waals surface area contributed by atoms with Gasteiger partial charge in [0, 0.05) is 5.56 Å². The van der Waals surface area contributed by atoms with Crippen LogP contribution < -0.4 is 5.32 Å². The molecule has 0 radical (unpaired) electrons. The second-order valence-electron chi connectivity index (χ2n) is 5.29. The summed E-state index contributed by atoms with van der Waals surface area (Å²) in [6.07, 6.45) is -15.3. The van der Waals surface area contributed by atoms with Crippen LogP contribution in [0.4, 0.5) is 45.2 Å². The number of carbonyl (C=O) groups is 1. The molecule has 0 fully saturated rings. The van der Waals surface area contributed by atoms with Gasteiger partial charge in [-0.2, -0.15) is 39.5 Å². The summed E-state index contributed by atoms with van der Waals surface area (Å²) in [4.78, 5) is 12.0. The Morgan fingerprint density at radius 1 is 0.704 bits per heavy atom. The molecular weight excluding hydrogens is 393 g/mol. The number of amides is 1. The zero-order valence-electron chi connectivity index (χ0n) is 12.9. The van der Waals surface area contributed by atoms with Gasteiger partial charge in [-0.25, -0.2) is 0 Å². The van der Waals surface area contributed by atoms with Crippen LogP contribution in [0.2, 0.25) is 0 Å². The first-order valence-electron chi connectivity index (χ1n) is 6.96. The highest BCUT2D eigenvalue weighted by Crippen LogP contribution is 2.37. The Morgan fingerprint density at radius 3 is 1.63 bits per heavy atom. The van der Waals surface area contributed by atoms with Gasteiger partial charge in [-0.05, 0) is 30.3 Å². The standard InChI is InChI=1S/C16H8F9NO/c17-14(18,19)9-5-8(6-10(7-9)15(20,21)22)13(27)26-12-4-2-1-3-11(12)16(23,24)25/h1-7H,(H,26,27). The van der Waals surface area contributed by atoms with Crippen molar-refractivity contribution in [2.75, 3.05) is 5.32 Å². The van der Waals surface area contributed by atoms with E-state index in [2.05, 4.69) is 0 Å². The van der Waals surface area contributed by atoms with E-state index in [1.165, 1.54) is 0 Å². The molecule has 0 aliphatic carbocycles. The summed E-state index contributed by atoms with van der Waals surface area (Å²) in [7, 11) is 0. The van der Waals surface area contributed by atoms with Crippen LogP contribution in [0.15, 0.2) is 42.5 Å². The van der Waals surface area contributed by atoms with E-state index in [0.29, 0.717) is 6.07 Å². The fraction of sp³-hybridized carbons (Fsp3) is 0.188. The normalized spacial score (nSPS) is 12.8. The number of alkyl halides is 9. The van der Waals surface area contributed by atoms with Crippen LogP contribution in [0.5, 0.6) is 0 Å². The van der Waals surface area contributed by atoms with E-state index in [1.807, 2.05) is 0 Å². The minimum atomic E-state index is -5.19. The molecule has 0 heterocycles. The maximum Gasteiger partial charge on any atom is 0.418 e. The number of hydrogen-bond acceptors (Lipinski definition) is 1. The van der Waals surface area contributed by atoms with Crippen molar-refractivity contribution in [1.82, 2.24) is 0 Å². The van der Waals surface area contributed by atoms with Gasteiger partial charge >= 0.3 is 18.5 Å². The van der Waals surface area contributed by atoms with Crippen LogP contribution in [0.3, 0.4) is 0 Å². The maximum atomic E-state index is 12.9. The van der Waals surface area contributed by atoms with E-state index >= 15 is 0 Å². The molecule has 0 saturated heterocycles. The predicted molar refractivity (Wildman–Crippen MR) is 75.8 cm³/mol. The molecule has 0 bridgehead atoms. The largest absolute Gasteiger partial charge is 0.418 e. The maximum absolute atomic E-state index is 12.9. The van der Waals surface area contributed by atoms with Gasteiger partial charge in [0.15, 0.2) is 0 Å². The van der Waals surface area contributed by atoms with Crippen molar-refractivity contribution < 1.29 is 44.3 Å². The highest BCUT2D eigenvalue weighted by atomic mass is 19.4. The van der Waals surface area contributed by atoms with Gasteiger partial charge in [0.25, 0.3) is 5.91 Å². The van der Waals surface area contributed by atoms with Crippen molar-refractivity contribution in [3.05, 3.63) is 64.7 Å². The fourth-order valence-electron chi connectivity index (χ4n) is 2.12. The Bertz CT molecular complexity index is 818. The van der Waals surface area contributed by atoms with Crippen LogP contribution in [-0.2, 0) is 18.5 Å². The molecule has 0 atom stereocenters. The lowest BCUT2D eigenvalue weighted by molar-refractivity contribution is -0.143. The molecule has 0 unspecified atom stereocenters. The molecular formula is C16H8F9NO. The monoisotopic (exact) mass is 401 g/mol. The van der Waals surface area contributed by atoms with Gasteiger partial charge in [-0.15, -0.1) is 0 Å². The van der Waals surface area contributed by atoms with Crippen LogP contribution in [0, 0.1) is 0 Å². The van der Waals surface area contributed by atoms with E-state index in [0.717, 1.165) is 18.2 Å². The lowest BCUT2D eigenvalue weighted by Crippen LogP contribution is -2.19. The second kappa shape index (κ2) is 6.78. The van der Waals surface area contributed by atoms with E-state index < -0.39 is 52.4 Å². The zero-order chi connectivity index (χ0) is 20.6. The zero-order valence-corrected chi connectivity index (χ0v) is 12.9. The Balaban J connectivity index is 2.49. The third-order valence-electron chi connectivity index (χ3n) is 3.33. The first-order valence-corrected chi connectivity index (χ1v) is 6.96. The Hall–Kier alpha value is -2.72. The third-order valence-corrected chi connectivity index (χ3v) is 3.33. The average Bonchev–Trinajstić information content (AvgIpc) is 2.52. The summed E-state index contributed by atoms with van der Waals surface area (Å²) in [5.74, 6) is -1.55. The van der Waals surface area contributed by atoms with Crippen molar-refractivity contribution >= 4 is 11.6 Å². The molecule has 11 heteroatoms. The molecule has 0 aliphatic rings. The van der Waals surface area contributed by atoms with E-state index in [4.69, 9.17) is 0 Å².